The summed E-state index contributed by atoms with van der Waals surface area (Å²) in [6.07, 6.45) is 3.98. The molecule has 4 nitrogen and oxygen atoms in total. The second kappa shape index (κ2) is 3.38. The zero-order chi connectivity index (χ0) is 10.2. The average molecular weight is 212 g/mol. The molecular weight excluding hydrogens is 196 g/mol. The van der Waals surface area contributed by atoms with Crippen molar-refractivity contribution in [1.82, 2.24) is 9.36 Å². The van der Waals surface area contributed by atoms with E-state index in [0.29, 0.717) is 5.95 Å². The molecule has 0 unspecified atom stereocenters. The van der Waals surface area contributed by atoms with Crippen molar-refractivity contribution in [3.05, 3.63) is 0 Å². The minimum absolute atomic E-state index is 0.115. The number of nitrogens with two attached hydrogens (primary N) is 1. The fraction of sp³-hybridized carbons (Fsp3) is 0.778. The Morgan fingerprint density at radius 1 is 1.50 bits per heavy atom. The minimum Gasteiger partial charge on any atom is -0.367 e. The minimum atomic E-state index is 0.115. The summed E-state index contributed by atoms with van der Waals surface area (Å²) in [6, 6.07) is 0. The van der Waals surface area contributed by atoms with Crippen molar-refractivity contribution in [2.45, 2.75) is 38.6 Å². The highest BCUT2D eigenvalue weighted by Gasteiger charge is 2.34. The monoisotopic (exact) mass is 212 g/mol. The van der Waals surface area contributed by atoms with Gasteiger partial charge in [-0.2, -0.15) is 9.36 Å². The fourth-order valence-electron chi connectivity index (χ4n) is 1.79. The first-order valence-electron chi connectivity index (χ1n) is 4.95. The van der Waals surface area contributed by atoms with Crippen LogP contribution in [0.4, 0.5) is 11.1 Å². The highest BCUT2D eigenvalue weighted by molar-refractivity contribution is 7.09. The van der Waals surface area contributed by atoms with Gasteiger partial charge in [-0.3, -0.25) is 0 Å². The molecule has 78 valence electrons. The maximum Gasteiger partial charge on any atom is 0.233 e. The van der Waals surface area contributed by atoms with Crippen LogP contribution in [-0.2, 0) is 0 Å². The van der Waals surface area contributed by atoms with Crippen LogP contribution in [0.2, 0.25) is 0 Å². The Hall–Kier alpha value is -0.840. The summed E-state index contributed by atoms with van der Waals surface area (Å²) in [5.41, 5.74) is 5.58. The summed E-state index contributed by atoms with van der Waals surface area (Å²) < 4.78 is 3.95. The van der Waals surface area contributed by atoms with Crippen molar-refractivity contribution < 1.29 is 0 Å². The predicted molar refractivity (Wildman–Crippen MR) is 59.4 cm³/mol. The van der Waals surface area contributed by atoms with E-state index in [4.69, 9.17) is 5.73 Å². The van der Waals surface area contributed by atoms with Crippen molar-refractivity contribution in [3.63, 3.8) is 0 Å². The Labute approximate surface area is 88.1 Å². The molecule has 0 amide bonds. The molecule has 1 fully saturated rings. The number of nitrogens with zero attached hydrogens (tertiary/aromatic N) is 2. The van der Waals surface area contributed by atoms with Crippen molar-refractivity contribution in [1.29, 1.82) is 0 Å². The predicted octanol–water partition coefficient (Wildman–Crippen LogP) is 2.11. The molecule has 0 radical (unpaired) electrons. The average Bonchev–Trinajstić information content (AvgIpc) is 2.28. The second-order valence-corrected chi connectivity index (χ2v) is 5.18. The van der Waals surface area contributed by atoms with Crippen molar-refractivity contribution >= 4 is 22.6 Å². The van der Waals surface area contributed by atoms with Gasteiger partial charge in [-0.05, 0) is 32.6 Å². The number of anilines is 2. The van der Waals surface area contributed by atoms with Crippen LogP contribution in [0.15, 0.2) is 0 Å². The van der Waals surface area contributed by atoms with E-state index in [2.05, 4.69) is 28.5 Å². The molecule has 1 saturated carbocycles. The third kappa shape index (κ3) is 1.82. The maximum atomic E-state index is 5.47. The van der Waals surface area contributed by atoms with Gasteiger partial charge in [0.25, 0.3) is 0 Å². The Bertz CT molecular complexity index is 316. The highest BCUT2D eigenvalue weighted by Crippen LogP contribution is 2.38. The maximum absolute atomic E-state index is 5.47. The van der Waals surface area contributed by atoms with Gasteiger partial charge in [0.05, 0.1) is 0 Å². The number of hydrogen-bond acceptors (Lipinski definition) is 5. The van der Waals surface area contributed by atoms with Gasteiger partial charge in [0.15, 0.2) is 0 Å². The Kier molecular flexibility index (Phi) is 2.34. The van der Waals surface area contributed by atoms with Crippen LogP contribution in [0, 0.1) is 5.92 Å². The van der Waals surface area contributed by atoms with E-state index in [9.17, 15) is 0 Å². The Morgan fingerprint density at radius 2 is 2.21 bits per heavy atom. The molecule has 1 aromatic heterocycles. The number of aromatic nitrogens is 2. The van der Waals surface area contributed by atoms with Gasteiger partial charge in [-0.1, -0.05) is 6.42 Å². The molecule has 1 aliphatic rings. The molecular formula is C9H16N4S. The van der Waals surface area contributed by atoms with E-state index in [0.717, 1.165) is 11.0 Å². The first kappa shape index (κ1) is 9.71. The number of nitrogens with one attached hydrogen (secondary N) is 1. The van der Waals surface area contributed by atoms with Gasteiger partial charge in [-0.15, -0.1) is 0 Å². The first-order valence-corrected chi connectivity index (χ1v) is 5.72. The molecule has 1 aromatic rings. The molecule has 5 heteroatoms. The molecule has 1 aliphatic carbocycles. The molecule has 1 heterocycles. The van der Waals surface area contributed by atoms with Crippen LogP contribution in [0.5, 0.6) is 0 Å². The van der Waals surface area contributed by atoms with E-state index in [1.165, 1.54) is 30.8 Å². The number of hydrogen-bond donors (Lipinski definition) is 2. The lowest BCUT2D eigenvalue weighted by atomic mass is 9.73. The SMILES string of the molecule is CC(C)(Nc1nc(N)ns1)C1CCC1. The molecule has 0 bridgehead atoms. The normalized spacial score (nSPS) is 17.9. The fourth-order valence-corrected chi connectivity index (χ4v) is 2.46. The van der Waals surface area contributed by atoms with Gasteiger partial charge < -0.3 is 11.1 Å². The molecule has 0 saturated heterocycles. The van der Waals surface area contributed by atoms with Crippen LogP contribution >= 0.6 is 11.5 Å². The molecule has 0 spiro atoms. The molecule has 0 aliphatic heterocycles. The van der Waals surface area contributed by atoms with E-state index in [-0.39, 0.29) is 5.54 Å². The first-order chi connectivity index (χ1) is 6.58. The largest absolute Gasteiger partial charge is 0.367 e. The van der Waals surface area contributed by atoms with Gasteiger partial charge in [0, 0.05) is 17.1 Å². The van der Waals surface area contributed by atoms with Crippen molar-refractivity contribution in [3.8, 4) is 0 Å². The topological polar surface area (TPSA) is 63.8 Å². The van der Waals surface area contributed by atoms with E-state index in [1.807, 2.05) is 0 Å². The summed E-state index contributed by atoms with van der Waals surface area (Å²) >= 11 is 1.33. The van der Waals surface area contributed by atoms with Crippen LogP contribution in [0.1, 0.15) is 33.1 Å². The van der Waals surface area contributed by atoms with Crippen LogP contribution in [0.3, 0.4) is 0 Å². The number of nitrogen functional groups attached to an aromatic ring is 1. The summed E-state index contributed by atoms with van der Waals surface area (Å²) in [6.45, 7) is 4.43. The summed E-state index contributed by atoms with van der Waals surface area (Å²) in [4.78, 5) is 4.11. The van der Waals surface area contributed by atoms with Gasteiger partial charge in [0.2, 0.25) is 11.1 Å². The summed E-state index contributed by atoms with van der Waals surface area (Å²) in [7, 11) is 0. The third-order valence-electron chi connectivity index (χ3n) is 3.00. The summed E-state index contributed by atoms with van der Waals surface area (Å²) in [5, 5.41) is 4.24. The standard InChI is InChI=1S/C9H16N4S/c1-9(2,6-4-3-5-6)12-8-11-7(10)13-14-8/h6H,3-5H2,1-2H3,(H3,10,11,12,13). The van der Waals surface area contributed by atoms with E-state index in [1.54, 1.807) is 0 Å². The van der Waals surface area contributed by atoms with E-state index >= 15 is 0 Å². The van der Waals surface area contributed by atoms with Crippen LogP contribution in [-0.4, -0.2) is 14.9 Å². The van der Waals surface area contributed by atoms with Gasteiger partial charge in [0.1, 0.15) is 0 Å². The summed E-state index contributed by atoms with van der Waals surface area (Å²) in [5.74, 6) is 1.12. The molecule has 3 N–H and O–H groups in total. The Balaban J connectivity index is 2.01. The molecule has 0 aromatic carbocycles. The molecule has 0 atom stereocenters. The quantitative estimate of drug-likeness (QED) is 0.805. The lowest BCUT2D eigenvalue weighted by molar-refractivity contribution is 0.216. The zero-order valence-corrected chi connectivity index (χ0v) is 9.40. The second-order valence-electron chi connectivity index (χ2n) is 4.43. The smallest absolute Gasteiger partial charge is 0.233 e. The van der Waals surface area contributed by atoms with Crippen LogP contribution in [0.25, 0.3) is 0 Å². The Morgan fingerprint density at radius 3 is 2.64 bits per heavy atom. The van der Waals surface area contributed by atoms with Crippen molar-refractivity contribution in [2.75, 3.05) is 11.1 Å². The molecule has 2 rings (SSSR count). The third-order valence-corrected chi connectivity index (χ3v) is 3.64. The molecule has 14 heavy (non-hydrogen) atoms. The van der Waals surface area contributed by atoms with E-state index < -0.39 is 0 Å². The zero-order valence-electron chi connectivity index (χ0n) is 8.58. The lowest BCUT2D eigenvalue weighted by Gasteiger charge is -2.40. The van der Waals surface area contributed by atoms with Gasteiger partial charge in [-0.25, -0.2) is 0 Å². The van der Waals surface area contributed by atoms with Gasteiger partial charge >= 0.3 is 0 Å². The lowest BCUT2D eigenvalue weighted by Crippen LogP contribution is -2.42. The number of rotatable bonds is 3. The van der Waals surface area contributed by atoms with Crippen molar-refractivity contribution in [2.24, 2.45) is 5.92 Å². The highest BCUT2D eigenvalue weighted by atomic mass is 32.1. The van der Waals surface area contributed by atoms with Crippen LogP contribution < -0.4 is 11.1 Å².